The SMILES string of the molecule is CCOCC(=O)N(CC=Cc1ccccc1)C1CC1. The number of rotatable bonds is 7. The maximum absolute atomic E-state index is 12.0. The Hall–Kier alpha value is -1.61. The fraction of sp³-hybridized carbons (Fsp3) is 0.438. The van der Waals surface area contributed by atoms with Crippen LogP contribution >= 0.6 is 0 Å². The van der Waals surface area contributed by atoms with Crippen LogP contribution in [0.5, 0.6) is 0 Å². The average molecular weight is 259 g/mol. The third-order valence-corrected chi connectivity index (χ3v) is 3.15. The van der Waals surface area contributed by atoms with Gasteiger partial charge in [-0.05, 0) is 25.3 Å². The quantitative estimate of drug-likeness (QED) is 0.753. The second kappa shape index (κ2) is 7.10. The highest BCUT2D eigenvalue weighted by Gasteiger charge is 2.31. The van der Waals surface area contributed by atoms with Crippen molar-refractivity contribution in [3.63, 3.8) is 0 Å². The van der Waals surface area contributed by atoms with E-state index in [-0.39, 0.29) is 12.5 Å². The number of amides is 1. The molecule has 102 valence electrons. The molecule has 0 radical (unpaired) electrons. The molecule has 19 heavy (non-hydrogen) atoms. The van der Waals surface area contributed by atoms with Crippen LogP contribution in [0.2, 0.25) is 0 Å². The molecular formula is C16H21NO2. The van der Waals surface area contributed by atoms with Crippen LogP contribution in [-0.4, -0.2) is 36.6 Å². The van der Waals surface area contributed by atoms with E-state index in [9.17, 15) is 4.79 Å². The van der Waals surface area contributed by atoms with E-state index in [1.54, 1.807) is 0 Å². The first-order chi connectivity index (χ1) is 9.31. The van der Waals surface area contributed by atoms with Crippen molar-refractivity contribution in [1.29, 1.82) is 0 Å². The van der Waals surface area contributed by atoms with Crippen LogP contribution in [0.25, 0.3) is 6.08 Å². The monoisotopic (exact) mass is 259 g/mol. The maximum atomic E-state index is 12.0. The van der Waals surface area contributed by atoms with Gasteiger partial charge in [-0.15, -0.1) is 0 Å². The summed E-state index contributed by atoms with van der Waals surface area (Å²) in [7, 11) is 0. The van der Waals surface area contributed by atoms with Crippen molar-refractivity contribution in [3.8, 4) is 0 Å². The van der Waals surface area contributed by atoms with Crippen molar-refractivity contribution in [2.24, 2.45) is 0 Å². The Morgan fingerprint density at radius 3 is 2.74 bits per heavy atom. The van der Waals surface area contributed by atoms with Gasteiger partial charge < -0.3 is 9.64 Å². The van der Waals surface area contributed by atoms with Gasteiger partial charge in [0, 0.05) is 19.2 Å². The zero-order chi connectivity index (χ0) is 13.5. The summed E-state index contributed by atoms with van der Waals surface area (Å²) in [5.41, 5.74) is 1.16. The molecule has 1 fully saturated rings. The number of benzene rings is 1. The van der Waals surface area contributed by atoms with Crippen LogP contribution < -0.4 is 0 Å². The molecule has 1 aromatic carbocycles. The smallest absolute Gasteiger partial charge is 0.249 e. The van der Waals surface area contributed by atoms with Gasteiger partial charge in [0.2, 0.25) is 5.91 Å². The predicted molar refractivity (Wildman–Crippen MR) is 76.7 cm³/mol. The Bertz CT molecular complexity index is 424. The zero-order valence-electron chi connectivity index (χ0n) is 11.4. The fourth-order valence-corrected chi connectivity index (χ4v) is 1.98. The molecule has 0 unspecified atom stereocenters. The Kier molecular flexibility index (Phi) is 5.16. The van der Waals surface area contributed by atoms with E-state index in [4.69, 9.17) is 4.74 Å². The molecule has 1 amide bonds. The summed E-state index contributed by atoms with van der Waals surface area (Å²) in [5.74, 6) is 0.0991. The summed E-state index contributed by atoms with van der Waals surface area (Å²) in [6, 6.07) is 10.6. The molecule has 0 bridgehead atoms. The zero-order valence-corrected chi connectivity index (χ0v) is 11.4. The highest BCUT2D eigenvalue weighted by molar-refractivity contribution is 5.78. The van der Waals surface area contributed by atoms with Gasteiger partial charge in [-0.3, -0.25) is 4.79 Å². The Balaban J connectivity index is 1.87. The van der Waals surface area contributed by atoms with Gasteiger partial charge in [0.05, 0.1) is 0 Å². The van der Waals surface area contributed by atoms with E-state index < -0.39 is 0 Å². The van der Waals surface area contributed by atoms with Gasteiger partial charge in [0.15, 0.2) is 0 Å². The number of nitrogens with zero attached hydrogens (tertiary/aromatic N) is 1. The Labute approximate surface area is 114 Å². The van der Waals surface area contributed by atoms with E-state index in [2.05, 4.69) is 24.3 Å². The van der Waals surface area contributed by atoms with Crippen LogP contribution in [0.3, 0.4) is 0 Å². The summed E-state index contributed by atoms with van der Waals surface area (Å²) >= 11 is 0. The number of carbonyl (C=O) groups excluding carboxylic acids is 1. The van der Waals surface area contributed by atoms with Crippen molar-refractivity contribution in [3.05, 3.63) is 42.0 Å². The molecule has 3 nitrogen and oxygen atoms in total. The molecule has 2 rings (SSSR count). The number of hydrogen-bond donors (Lipinski definition) is 0. The summed E-state index contributed by atoms with van der Waals surface area (Å²) in [4.78, 5) is 13.9. The van der Waals surface area contributed by atoms with Gasteiger partial charge in [0.25, 0.3) is 0 Å². The third-order valence-electron chi connectivity index (χ3n) is 3.15. The third kappa shape index (κ3) is 4.52. The number of ether oxygens (including phenoxy) is 1. The molecule has 3 heteroatoms. The molecular weight excluding hydrogens is 238 g/mol. The Morgan fingerprint density at radius 1 is 1.37 bits per heavy atom. The van der Waals surface area contributed by atoms with Gasteiger partial charge >= 0.3 is 0 Å². The van der Waals surface area contributed by atoms with E-state index in [1.807, 2.05) is 30.0 Å². The minimum absolute atomic E-state index is 0.0991. The van der Waals surface area contributed by atoms with E-state index in [1.165, 1.54) is 0 Å². The molecule has 1 aliphatic rings. The number of hydrogen-bond acceptors (Lipinski definition) is 2. The van der Waals surface area contributed by atoms with Crippen molar-refractivity contribution >= 4 is 12.0 Å². The van der Waals surface area contributed by atoms with Crippen molar-refractivity contribution in [1.82, 2.24) is 4.90 Å². The normalized spacial score (nSPS) is 14.8. The highest BCUT2D eigenvalue weighted by atomic mass is 16.5. The second-order valence-corrected chi connectivity index (χ2v) is 4.73. The maximum Gasteiger partial charge on any atom is 0.249 e. The molecule has 1 saturated carbocycles. The largest absolute Gasteiger partial charge is 0.372 e. The first kappa shape index (κ1) is 13.8. The van der Waals surface area contributed by atoms with Crippen LogP contribution in [-0.2, 0) is 9.53 Å². The minimum Gasteiger partial charge on any atom is -0.372 e. The van der Waals surface area contributed by atoms with Gasteiger partial charge in [-0.25, -0.2) is 0 Å². The van der Waals surface area contributed by atoms with Crippen molar-refractivity contribution in [2.75, 3.05) is 19.8 Å². The molecule has 0 saturated heterocycles. The molecule has 1 aromatic rings. The minimum atomic E-state index is 0.0991. The lowest BCUT2D eigenvalue weighted by atomic mass is 10.2. The predicted octanol–water partition coefficient (Wildman–Crippen LogP) is 2.73. The molecule has 0 aliphatic heterocycles. The van der Waals surface area contributed by atoms with Crippen molar-refractivity contribution in [2.45, 2.75) is 25.8 Å². The molecule has 0 spiro atoms. The van der Waals surface area contributed by atoms with Gasteiger partial charge in [-0.2, -0.15) is 0 Å². The van der Waals surface area contributed by atoms with E-state index in [0.29, 0.717) is 19.2 Å². The van der Waals surface area contributed by atoms with Crippen LogP contribution in [0.1, 0.15) is 25.3 Å². The first-order valence-electron chi connectivity index (χ1n) is 6.90. The topological polar surface area (TPSA) is 29.5 Å². The lowest BCUT2D eigenvalue weighted by Crippen LogP contribution is -2.36. The van der Waals surface area contributed by atoms with Crippen LogP contribution in [0.4, 0.5) is 0 Å². The van der Waals surface area contributed by atoms with Crippen LogP contribution in [0, 0.1) is 0 Å². The van der Waals surface area contributed by atoms with E-state index >= 15 is 0 Å². The average Bonchev–Trinajstić information content (AvgIpc) is 3.26. The fourth-order valence-electron chi connectivity index (χ4n) is 1.98. The standard InChI is InChI=1S/C16H21NO2/c1-2-19-13-16(18)17(15-10-11-15)12-6-9-14-7-4-3-5-8-14/h3-9,15H,2,10-13H2,1H3. The number of carbonyl (C=O) groups is 1. The Morgan fingerprint density at radius 2 is 2.11 bits per heavy atom. The summed E-state index contributed by atoms with van der Waals surface area (Å²) < 4.78 is 5.20. The highest BCUT2D eigenvalue weighted by Crippen LogP contribution is 2.26. The lowest BCUT2D eigenvalue weighted by molar-refractivity contribution is -0.136. The van der Waals surface area contributed by atoms with E-state index in [0.717, 1.165) is 18.4 Å². The van der Waals surface area contributed by atoms with Crippen molar-refractivity contribution < 1.29 is 9.53 Å². The molecule has 0 heterocycles. The molecule has 1 aliphatic carbocycles. The summed E-state index contributed by atoms with van der Waals surface area (Å²) in [6.45, 7) is 3.37. The molecule has 0 atom stereocenters. The summed E-state index contributed by atoms with van der Waals surface area (Å²) in [5, 5.41) is 0. The van der Waals surface area contributed by atoms with Gasteiger partial charge in [0.1, 0.15) is 6.61 Å². The lowest BCUT2D eigenvalue weighted by Gasteiger charge is -2.20. The van der Waals surface area contributed by atoms with Crippen LogP contribution in [0.15, 0.2) is 36.4 Å². The second-order valence-electron chi connectivity index (χ2n) is 4.73. The molecule has 0 aromatic heterocycles. The first-order valence-corrected chi connectivity index (χ1v) is 6.90. The summed E-state index contributed by atoms with van der Waals surface area (Å²) in [6.07, 6.45) is 6.36. The molecule has 0 N–H and O–H groups in total. The van der Waals surface area contributed by atoms with Gasteiger partial charge in [-0.1, -0.05) is 42.5 Å².